The van der Waals surface area contributed by atoms with E-state index in [1.54, 1.807) is 0 Å². The van der Waals surface area contributed by atoms with Crippen molar-refractivity contribution in [2.75, 3.05) is 6.61 Å². The molecule has 0 amide bonds. The maximum Gasteiger partial charge on any atom is 0.338 e. The summed E-state index contributed by atoms with van der Waals surface area (Å²) in [5.74, 6) is -1.26. The zero-order valence-electron chi connectivity index (χ0n) is 15.1. The second kappa shape index (κ2) is 8.14. The second-order valence-corrected chi connectivity index (χ2v) is 6.40. The highest BCUT2D eigenvalue weighted by molar-refractivity contribution is 5.93. The third-order valence-corrected chi connectivity index (χ3v) is 4.33. The van der Waals surface area contributed by atoms with Gasteiger partial charge in [-0.05, 0) is 43.9 Å². The lowest BCUT2D eigenvalue weighted by Gasteiger charge is -2.20. The van der Waals surface area contributed by atoms with E-state index in [1.807, 2.05) is 19.9 Å². The second-order valence-electron chi connectivity index (χ2n) is 6.40. The Bertz CT molecular complexity index is 667. The molecular weight excluding hydrogens is 324 g/mol. The summed E-state index contributed by atoms with van der Waals surface area (Å²) in [6.07, 6.45) is 4.97. The average Bonchev–Trinajstić information content (AvgIpc) is 2.81. The summed E-state index contributed by atoms with van der Waals surface area (Å²) in [6, 6.07) is 0. The molecule has 0 radical (unpaired) electrons. The first-order valence-electron chi connectivity index (χ1n) is 8.35. The first-order valence-corrected chi connectivity index (χ1v) is 8.35. The van der Waals surface area contributed by atoms with Crippen LogP contribution in [0.3, 0.4) is 0 Å². The zero-order chi connectivity index (χ0) is 18.6. The topological polar surface area (TPSA) is 78.9 Å². The lowest BCUT2D eigenvalue weighted by atomic mass is 9.93. The normalized spacial score (nSPS) is 23.9. The van der Waals surface area contributed by atoms with E-state index >= 15 is 0 Å². The molecule has 2 atom stereocenters. The Morgan fingerprint density at radius 3 is 2.56 bits per heavy atom. The summed E-state index contributed by atoms with van der Waals surface area (Å²) in [5.41, 5.74) is 3.19. The van der Waals surface area contributed by atoms with Crippen molar-refractivity contribution in [3.05, 3.63) is 34.4 Å². The Kier molecular flexibility index (Phi) is 6.17. The van der Waals surface area contributed by atoms with Gasteiger partial charge in [-0.15, -0.1) is 0 Å². The number of ether oxygens (including phenoxy) is 3. The highest BCUT2D eigenvalue weighted by Crippen LogP contribution is 2.31. The molecule has 2 rings (SSSR count). The molecule has 0 N–H and O–H groups in total. The maximum atomic E-state index is 12.2. The molecule has 0 aromatic rings. The van der Waals surface area contributed by atoms with E-state index in [0.29, 0.717) is 18.4 Å². The first kappa shape index (κ1) is 19.0. The van der Waals surface area contributed by atoms with E-state index < -0.39 is 18.0 Å². The van der Waals surface area contributed by atoms with Crippen molar-refractivity contribution in [1.82, 2.24) is 0 Å². The predicted molar refractivity (Wildman–Crippen MR) is 90.5 cm³/mol. The number of allylic oxidation sites excluding steroid dienone is 1. The SMILES string of the molecule is CC(=O)OCC1=C2CCC(C)=CCC(OC(C)=O)C(C)=CC2OC1=O. The number of fused-ring (bicyclic) bond motifs is 1. The highest BCUT2D eigenvalue weighted by atomic mass is 16.6. The van der Waals surface area contributed by atoms with Crippen LogP contribution in [0.15, 0.2) is 34.4 Å². The lowest BCUT2D eigenvalue weighted by Crippen LogP contribution is -2.20. The minimum absolute atomic E-state index is 0.0803. The van der Waals surface area contributed by atoms with Gasteiger partial charge in [0.25, 0.3) is 0 Å². The zero-order valence-corrected chi connectivity index (χ0v) is 15.1. The van der Waals surface area contributed by atoms with Gasteiger partial charge in [0.1, 0.15) is 18.8 Å². The fourth-order valence-electron chi connectivity index (χ4n) is 2.93. The van der Waals surface area contributed by atoms with E-state index in [0.717, 1.165) is 23.1 Å². The molecule has 6 heteroatoms. The van der Waals surface area contributed by atoms with Gasteiger partial charge in [0.2, 0.25) is 0 Å². The largest absolute Gasteiger partial charge is 0.461 e. The maximum absolute atomic E-state index is 12.2. The van der Waals surface area contributed by atoms with E-state index in [-0.39, 0.29) is 18.7 Å². The minimum atomic E-state index is -0.512. The molecule has 0 aromatic heterocycles. The molecule has 0 saturated carbocycles. The van der Waals surface area contributed by atoms with Gasteiger partial charge in [-0.2, -0.15) is 0 Å². The molecular formula is C19H24O6. The number of carbonyl (C=O) groups excluding carboxylic acids is 3. The summed E-state index contributed by atoms with van der Waals surface area (Å²) in [4.78, 5) is 34.6. The molecule has 25 heavy (non-hydrogen) atoms. The van der Waals surface area contributed by atoms with Crippen LogP contribution in [0.4, 0.5) is 0 Å². The Morgan fingerprint density at radius 1 is 1.20 bits per heavy atom. The number of hydrogen-bond donors (Lipinski definition) is 0. The monoisotopic (exact) mass is 348 g/mol. The Balaban J connectivity index is 2.36. The van der Waals surface area contributed by atoms with Crippen molar-refractivity contribution < 1.29 is 28.6 Å². The Hall–Kier alpha value is -2.37. The van der Waals surface area contributed by atoms with Crippen LogP contribution < -0.4 is 0 Å². The highest BCUT2D eigenvalue weighted by Gasteiger charge is 2.34. The molecule has 0 fully saturated rings. The van der Waals surface area contributed by atoms with Gasteiger partial charge in [-0.1, -0.05) is 11.6 Å². The summed E-state index contributed by atoms with van der Waals surface area (Å²) >= 11 is 0. The molecule has 0 bridgehead atoms. The van der Waals surface area contributed by atoms with Gasteiger partial charge < -0.3 is 14.2 Å². The van der Waals surface area contributed by atoms with Crippen LogP contribution in [0.5, 0.6) is 0 Å². The quantitative estimate of drug-likeness (QED) is 0.443. The molecule has 1 aliphatic heterocycles. The fourth-order valence-corrected chi connectivity index (χ4v) is 2.93. The van der Waals surface area contributed by atoms with Gasteiger partial charge in [-0.25, -0.2) is 4.79 Å². The Labute approximate surface area is 147 Å². The van der Waals surface area contributed by atoms with Crippen molar-refractivity contribution in [1.29, 1.82) is 0 Å². The molecule has 0 aromatic carbocycles. The summed E-state index contributed by atoms with van der Waals surface area (Å²) in [6.45, 7) is 6.46. The molecule has 0 saturated heterocycles. The number of esters is 3. The van der Waals surface area contributed by atoms with Crippen LogP contribution in [-0.4, -0.2) is 36.7 Å². The van der Waals surface area contributed by atoms with Crippen molar-refractivity contribution in [2.45, 2.75) is 59.2 Å². The smallest absolute Gasteiger partial charge is 0.338 e. The van der Waals surface area contributed by atoms with E-state index in [2.05, 4.69) is 6.08 Å². The average molecular weight is 348 g/mol. The number of rotatable bonds is 3. The molecule has 1 heterocycles. The van der Waals surface area contributed by atoms with Crippen molar-refractivity contribution in [3.8, 4) is 0 Å². The van der Waals surface area contributed by atoms with Gasteiger partial charge in [0.05, 0.1) is 5.57 Å². The summed E-state index contributed by atoms with van der Waals surface area (Å²) in [7, 11) is 0. The predicted octanol–water partition coefficient (Wildman–Crippen LogP) is 2.78. The number of carbonyl (C=O) groups is 3. The van der Waals surface area contributed by atoms with Gasteiger partial charge >= 0.3 is 17.9 Å². The number of hydrogen-bond acceptors (Lipinski definition) is 6. The van der Waals surface area contributed by atoms with Gasteiger partial charge in [-0.3, -0.25) is 9.59 Å². The van der Waals surface area contributed by atoms with Crippen LogP contribution in [0, 0.1) is 0 Å². The summed E-state index contributed by atoms with van der Waals surface area (Å²) < 4.78 is 15.8. The van der Waals surface area contributed by atoms with Crippen molar-refractivity contribution in [3.63, 3.8) is 0 Å². The summed E-state index contributed by atoms with van der Waals surface area (Å²) in [5, 5.41) is 0. The molecule has 2 unspecified atom stereocenters. The van der Waals surface area contributed by atoms with Crippen LogP contribution in [-0.2, 0) is 28.6 Å². The molecule has 1 aliphatic carbocycles. The van der Waals surface area contributed by atoms with Crippen molar-refractivity contribution in [2.24, 2.45) is 0 Å². The van der Waals surface area contributed by atoms with E-state index in [9.17, 15) is 14.4 Å². The molecule has 2 aliphatic rings. The van der Waals surface area contributed by atoms with Gasteiger partial charge in [0, 0.05) is 20.3 Å². The van der Waals surface area contributed by atoms with Crippen LogP contribution in [0.25, 0.3) is 0 Å². The van der Waals surface area contributed by atoms with Crippen LogP contribution >= 0.6 is 0 Å². The third-order valence-electron chi connectivity index (χ3n) is 4.33. The lowest BCUT2D eigenvalue weighted by molar-refractivity contribution is -0.145. The van der Waals surface area contributed by atoms with E-state index in [1.165, 1.54) is 13.8 Å². The standard InChI is InChI=1S/C19H24O6/c1-11-5-7-15-16(10-23-13(3)20)19(22)25-18(15)9-12(2)17(8-6-11)24-14(4)21/h6,9,17-18H,5,7-8,10H2,1-4H3. The van der Waals surface area contributed by atoms with Gasteiger partial charge in [0.15, 0.2) is 0 Å². The van der Waals surface area contributed by atoms with Crippen LogP contribution in [0.2, 0.25) is 0 Å². The van der Waals surface area contributed by atoms with E-state index in [4.69, 9.17) is 14.2 Å². The fraction of sp³-hybridized carbons (Fsp3) is 0.526. The minimum Gasteiger partial charge on any atom is -0.461 e. The third kappa shape index (κ3) is 5.05. The van der Waals surface area contributed by atoms with Crippen LogP contribution in [0.1, 0.15) is 47.0 Å². The van der Waals surface area contributed by atoms with Crippen molar-refractivity contribution >= 4 is 17.9 Å². The molecule has 0 spiro atoms. The first-order chi connectivity index (χ1) is 11.8. The molecule has 6 nitrogen and oxygen atoms in total. The molecule has 136 valence electrons. The Morgan fingerprint density at radius 2 is 1.92 bits per heavy atom.